The molecule has 0 aliphatic carbocycles. The van der Waals surface area contributed by atoms with E-state index in [0.717, 1.165) is 15.8 Å². The summed E-state index contributed by atoms with van der Waals surface area (Å²) in [5.74, 6) is 0.790. The average Bonchev–Trinajstić information content (AvgIpc) is 2.30. The highest BCUT2D eigenvalue weighted by atomic mass is 79.9. The first kappa shape index (κ1) is 14.0. The van der Waals surface area contributed by atoms with Crippen molar-refractivity contribution < 1.29 is 4.74 Å². The van der Waals surface area contributed by atoms with Gasteiger partial charge in [0.2, 0.25) is 0 Å². The molecule has 1 aromatic carbocycles. The summed E-state index contributed by atoms with van der Waals surface area (Å²) in [7, 11) is 3.50. The quantitative estimate of drug-likeness (QED) is 0.927. The Hall–Kier alpha value is -1.05. The number of ether oxygens (including phenoxy) is 1. The third-order valence-electron chi connectivity index (χ3n) is 2.81. The highest BCUT2D eigenvalue weighted by Crippen LogP contribution is 2.35. The Balaban J connectivity index is 3.15. The molecule has 4 heteroatoms. The van der Waals surface area contributed by atoms with Crippen LogP contribution in [0.25, 0.3) is 0 Å². The van der Waals surface area contributed by atoms with E-state index >= 15 is 0 Å². The summed E-state index contributed by atoms with van der Waals surface area (Å²) in [5.41, 5.74) is 0.592. The fraction of sp³-hybridized carbons (Fsp3) is 0.462. The lowest BCUT2D eigenvalue weighted by atomic mass is 9.82. The van der Waals surface area contributed by atoms with Crippen LogP contribution >= 0.6 is 15.9 Å². The summed E-state index contributed by atoms with van der Waals surface area (Å²) in [6.07, 6.45) is 0. The molecule has 92 valence electrons. The lowest BCUT2D eigenvalue weighted by molar-refractivity contribution is 0.343. The number of hydrogen-bond donors (Lipinski definition) is 1. The van der Waals surface area contributed by atoms with Gasteiger partial charge in [-0.2, -0.15) is 5.26 Å². The van der Waals surface area contributed by atoms with Crippen molar-refractivity contribution in [1.82, 2.24) is 5.32 Å². The van der Waals surface area contributed by atoms with E-state index in [1.165, 1.54) is 0 Å². The third kappa shape index (κ3) is 2.99. The molecule has 0 amide bonds. The van der Waals surface area contributed by atoms with E-state index in [9.17, 15) is 5.26 Å². The van der Waals surface area contributed by atoms with Crippen molar-refractivity contribution >= 4 is 15.9 Å². The van der Waals surface area contributed by atoms with Gasteiger partial charge >= 0.3 is 0 Å². The molecule has 0 spiro atoms. The Morgan fingerprint density at radius 2 is 2.12 bits per heavy atom. The third-order valence-corrected chi connectivity index (χ3v) is 3.43. The normalized spacial score (nSPS) is 12.9. The van der Waals surface area contributed by atoms with Crippen LogP contribution in [-0.2, 0) is 0 Å². The van der Waals surface area contributed by atoms with Crippen LogP contribution in [0.5, 0.6) is 5.75 Å². The molecule has 0 heterocycles. The van der Waals surface area contributed by atoms with Crippen LogP contribution < -0.4 is 10.1 Å². The molecule has 0 saturated heterocycles. The van der Waals surface area contributed by atoms with E-state index in [4.69, 9.17) is 4.74 Å². The Bertz CT molecular complexity index is 438. The number of nitriles is 1. The van der Waals surface area contributed by atoms with Crippen LogP contribution in [0, 0.1) is 16.7 Å². The lowest BCUT2D eigenvalue weighted by Gasteiger charge is -2.28. The molecule has 0 aromatic heterocycles. The van der Waals surface area contributed by atoms with Crippen molar-refractivity contribution in [2.24, 2.45) is 5.41 Å². The van der Waals surface area contributed by atoms with Gasteiger partial charge in [0.05, 0.1) is 29.1 Å². The van der Waals surface area contributed by atoms with Crippen LogP contribution in [0.4, 0.5) is 0 Å². The molecule has 0 aliphatic rings. The van der Waals surface area contributed by atoms with E-state index in [0.29, 0.717) is 0 Å². The smallest absolute Gasteiger partial charge is 0.133 e. The molecule has 0 saturated carbocycles. The first-order valence-electron chi connectivity index (χ1n) is 5.38. The highest BCUT2D eigenvalue weighted by Gasteiger charge is 2.29. The zero-order valence-electron chi connectivity index (χ0n) is 10.5. The Kier molecular flexibility index (Phi) is 4.55. The first-order valence-corrected chi connectivity index (χ1v) is 6.17. The Morgan fingerprint density at radius 1 is 1.47 bits per heavy atom. The van der Waals surface area contributed by atoms with Crippen LogP contribution in [0.3, 0.4) is 0 Å². The first-order chi connectivity index (χ1) is 7.96. The number of hydrogen-bond acceptors (Lipinski definition) is 3. The van der Waals surface area contributed by atoms with Crippen molar-refractivity contribution in [3.05, 3.63) is 28.2 Å². The molecule has 17 heavy (non-hydrogen) atoms. The van der Waals surface area contributed by atoms with Crippen molar-refractivity contribution in [3.63, 3.8) is 0 Å². The van der Waals surface area contributed by atoms with Gasteiger partial charge < -0.3 is 10.1 Å². The number of nitrogens with one attached hydrogen (secondary N) is 1. The summed E-state index contributed by atoms with van der Waals surface area (Å²) in [4.78, 5) is 0. The van der Waals surface area contributed by atoms with Gasteiger partial charge in [-0.05, 0) is 54.5 Å². The standard InChI is InChI=1S/C13H17BrN2O/c1-13(2,8-15)12(16-3)9-5-6-11(17-4)10(14)7-9/h5-7,12,16H,1-4H3. The van der Waals surface area contributed by atoms with Crippen molar-refractivity contribution in [2.75, 3.05) is 14.2 Å². The summed E-state index contributed by atoms with van der Waals surface area (Å²) in [6.45, 7) is 3.85. The van der Waals surface area contributed by atoms with Gasteiger partial charge in [0.1, 0.15) is 5.75 Å². The zero-order chi connectivity index (χ0) is 13.1. The monoisotopic (exact) mass is 296 g/mol. The SMILES string of the molecule is CNC(c1ccc(OC)c(Br)c1)C(C)(C)C#N. The van der Waals surface area contributed by atoms with Crippen LogP contribution in [0.1, 0.15) is 25.5 Å². The number of rotatable bonds is 4. The lowest BCUT2D eigenvalue weighted by Crippen LogP contribution is -2.30. The summed E-state index contributed by atoms with van der Waals surface area (Å²) in [6, 6.07) is 8.17. The second kappa shape index (κ2) is 5.52. The zero-order valence-corrected chi connectivity index (χ0v) is 12.1. The highest BCUT2D eigenvalue weighted by molar-refractivity contribution is 9.10. The van der Waals surface area contributed by atoms with Crippen LogP contribution in [-0.4, -0.2) is 14.2 Å². The maximum atomic E-state index is 9.20. The molecule has 1 atom stereocenters. The summed E-state index contributed by atoms with van der Waals surface area (Å²) >= 11 is 3.46. The van der Waals surface area contributed by atoms with Gasteiger partial charge in [0.25, 0.3) is 0 Å². The number of benzene rings is 1. The Morgan fingerprint density at radius 3 is 2.53 bits per heavy atom. The second-order valence-electron chi connectivity index (χ2n) is 4.45. The predicted octanol–water partition coefficient (Wildman–Crippen LogP) is 3.27. The minimum atomic E-state index is -0.469. The van der Waals surface area contributed by atoms with Crippen molar-refractivity contribution in [1.29, 1.82) is 5.26 Å². The topological polar surface area (TPSA) is 45.0 Å². The summed E-state index contributed by atoms with van der Waals surface area (Å²) in [5, 5.41) is 12.4. The summed E-state index contributed by atoms with van der Waals surface area (Å²) < 4.78 is 6.09. The fourth-order valence-corrected chi connectivity index (χ4v) is 2.43. The van der Waals surface area contributed by atoms with Crippen LogP contribution in [0.15, 0.2) is 22.7 Å². The van der Waals surface area contributed by atoms with Gasteiger partial charge in [-0.15, -0.1) is 0 Å². The Labute approximate surface area is 111 Å². The molecule has 1 rings (SSSR count). The van der Waals surface area contributed by atoms with Gasteiger partial charge in [-0.3, -0.25) is 0 Å². The van der Waals surface area contributed by atoms with Gasteiger partial charge in [-0.1, -0.05) is 6.07 Å². The number of nitrogens with zero attached hydrogens (tertiary/aromatic N) is 1. The predicted molar refractivity (Wildman–Crippen MR) is 71.9 cm³/mol. The van der Waals surface area contributed by atoms with E-state index in [1.54, 1.807) is 7.11 Å². The largest absolute Gasteiger partial charge is 0.496 e. The minimum absolute atomic E-state index is 0.0188. The van der Waals surface area contributed by atoms with Crippen molar-refractivity contribution in [2.45, 2.75) is 19.9 Å². The second-order valence-corrected chi connectivity index (χ2v) is 5.30. The molecule has 3 nitrogen and oxygen atoms in total. The van der Waals surface area contributed by atoms with E-state index in [2.05, 4.69) is 27.3 Å². The molecule has 0 radical (unpaired) electrons. The van der Waals surface area contributed by atoms with Gasteiger partial charge in [0, 0.05) is 0 Å². The molecule has 1 N–H and O–H groups in total. The number of halogens is 1. The van der Waals surface area contributed by atoms with Gasteiger partial charge in [-0.25, -0.2) is 0 Å². The maximum absolute atomic E-state index is 9.20. The molecule has 0 fully saturated rings. The molecule has 0 aliphatic heterocycles. The van der Waals surface area contributed by atoms with E-state index in [-0.39, 0.29) is 6.04 Å². The van der Waals surface area contributed by atoms with E-state index < -0.39 is 5.41 Å². The molecular formula is C13H17BrN2O. The molecular weight excluding hydrogens is 280 g/mol. The fourth-order valence-electron chi connectivity index (χ4n) is 1.87. The molecule has 0 bridgehead atoms. The molecule has 1 unspecified atom stereocenters. The minimum Gasteiger partial charge on any atom is -0.496 e. The maximum Gasteiger partial charge on any atom is 0.133 e. The molecule has 1 aromatic rings. The van der Waals surface area contributed by atoms with Crippen LogP contribution in [0.2, 0.25) is 0 Å². The van der Waals surface area contributed by atoms with Gasteiger partial charge in [0.15, 0.2) is 0 Å². The van der Waals surface area contributed by atoms with Crippen molar-refractivity contribution in [3.8, 4) is 11.8 Å². The number of methoxy groups -OCH3 is 1. The average molecular weight is 297 g/mol. The van der Waals surface area contributed by atoms with E-state index in [1.807, 2.05) is 39.1 Å².